The molecule has 0 fully saturated rings. The molecule has 0 unspecified atom stereocenters. The summed E-state index contributed by atoms with van der Waals surface area (Å²) in [5, 5.41) is 21.0. The Kier molecular flexibility index (Phi) is 4.36. The fraction of sp³-hybridized carbons (Fsp3) is 0.333. The summed E-state index contributed by atoms with van der Waals surface area (Å²) in [7, 11) is 1.62. The Labute approximate surface area is 115 Å². The normalized spacial score (nSPS) is 11.8. The maximum atomic E-state index is 8.77. The van der Waals surface area contributed by atoms with Crippen molar-refractivity contribution in [2.75, 3.05) is 12.9 Å². The summed E-state index contributed by atoms with van der Waals surface area (Å²) in [6, 6.07) is 9.65. The molecule has 7 heteroatoms. The van der Waals surface area contributed by atoms with Crippen LogP contribution in [0.3, 0.4) is 0 Å². The number of ether oxygens (including phenoxy) is 1. The Balaban J connectivity index is 2.16. The van der Waals surface area contributed by atoms with Crippen molar-refractivity contribution in [2.24, 2.45) is 5.92 Å². The first-order valence-corrected chi connectivity index (χ1v) is 6.68. The monoisotopic (exact) mass is 275 g/mol. The number of hydrogen-bond acceptors (Lipinski definition) is 6. The summed E-state index contributed by atoms with van der Waals surface area (Å²) in [6.07, 6.45) is 0. The quantitative estimate of drug-likeness (QED) is 0.776. The van der Waals surface area contributed by atoms with Gasteiger partial charge in [0.05, 0.1) is 24.8 Å². The Morgan fingerprint density at radius 1 is 1.42 bits per heavy atom. The zero-order valence-electron chi connectivity index (χ0n) is 10.6. The van der Waals surface area contributed by atoms with E-state index in [4.69, 9.17) is 10.00 Å². The van der Waals surface area contributed by atoms with Crippen molar-refractivity contribution in [3.05, 3.63) is 24.3 Å². The fourth-order valence-electron chi connectivity index (χ4n) is 1.39. The van der Waals surface area contributed by atoms with Crippen molar-refractivity contribution in [3.8, 4) is 17.5 Å². The van der Waals surface area contributed by atoms with Crippen molar-refractivity contribution in [1.82, 2.24) is 20.2 Å². The number of benzene rings is 1. The highest BCUT2D eigenvalue weighted by molar-refractivity contribution is 7.99. The average molecular weight is 275 g/mol. The first-order valence-electron chi connectivity index (χ1n) is 5.70. The fourth-order valence-corrected chi connectivity index (χ4v) is 2.22. The maximum Gasteiger partial charge on any atom is 0.214 e. The number of thioether (sulfide) groups is 1. The van der Waals surface area contributed by atoms with E-state index in [2.05, 4.69) is 21.6 Å². The van der Waals surface area contributed by atoms with Crippen LogP contribution < -0.4 is 4.74 Å². The average Bonchev–Trinajstić information content (AvgIpc) is 2.93. The van der Waals surface area contributed by atoms with Gasteiger partial charge in [0.2, 0.25) is 5.16 Å². The van der Waals surface area contributed by atoms with Crippen LogP contribution in [0.15, 0.2) is 29.4 Å². The molecule has 0 aliphatic carbocycles. The number of tetrazole rings is 1. The summed E-state index contributed by atoms with van der Waals surface area (Å²) in [5.41, 5.74) is 0.859. The molecule has 1 heterocycles. The van der Waals surface area contributed by atoms with Gasteiger partial charge in [-0.1, -0.05) is 11.8 Å². The van der Waals surface area contributed by atoms with Gasteiger partial charge in [0.25, 0.3) is 0 Å². The number of nitriles is 1. The Bertz CT molecular complexity index is 575. The molecule has 0 bridgehead atoms. The highest BCUT2D eigenvalue weighted by Crippen LogP contribution is 2.21. The molecular weight excluding hydrogens is 262 g/mol. The molecular formula is C12H13N5OS. The lowest BCUT2D eigenvalue weighted by molar-refractivity contribution is 0.414. The molecule has 0 aliphatic heterocycles. The molecule has 0 aliphatic rings. The highest BCUT2D eigenvalue weighted by Gasteiger charge is 2.10. The van der Waals surface area contributed by atoms with E-state index in [-0.39, 0.29) is 5.92 Å². The zero-order chi connectivity index (χ0) is 13.7. The SMILES string of the molecule is COc1ccc(-n2nnnc2SC[C@H](C)C#N)cc1. The molecule has 0 amide bonds. The zero-order valence-corrected chi connectivity index (χ0v) is 11.5. The minimum atomic E-state index is -0.0361. The van der Waals surface area contributed by atoms with Crippen LogP contribution in [-0.4, -0.2) is 33.1 Å². The summed E-state index contributed by atoms with van der Waals surface area (Å²) in [5.74, 6) is 1.41. The summed E-state index contributed by atoms with van der Waals surface area (Å²) < 4.78 is 6.76. The van der Waals surface area contributed by atoms with Crippen molar-refractivity contribution in [2.45, 2.75) is 12.1 Å². The van der Waals surface area contributed by atoms with Crippen LogP contribution in [0.5, 0.6) is 5.75 Å². The molecule has 6 nitrogen and oxygen atoms in total. The lowest BCUT2D eigenvalue weighted by Crippen LogP contribution is -2.01. The van der Waals surface area contributed by atoms with Crippen molar-refractivity contribution >= 4 is 11.8 Å². The Morgan fingerprint density at radius 3 is 2.79 bits per heavy atom. The Hall–Kier alpha value is -2.07. The van der Waals surface area contributed by atoms with Gasteiger partial charge in [0.1, 0.15) is 5.75 Å². The summed E-state index contributed by atoms with van der Waals surface area (Å²) >= 11 is 1.46. The Morgan fingerprint density at radius 2 is 2.16 bits per heavy atom. The van der Waals surface area contributed by atoms with Crippen LogP contribution in [0.4, 0.5) is 0 Å². The number of aromatic nitrogens is 4. The molecule has 2 rings (SSSR count). The van der Waals surface area contributed by atoms with Gasteiger partial charge in [0, 0.05) is 5.75 Å². The van der Waals surface area contributed by atoms with E-state index < -0.39 is 0 Å². The van der Waals surface area contributed by atoms with Crippen molar-refractivity contribution < 1.29 is 4.74 Å². The van der Waals surface area contributed by atoms with Crippen LogP contribution in [-0.2, 0) is 0 Å². The van der Waals surface area contributed by atoms with Crippen LogP contribution >= 0.6 is 11.8 Å². The highest BCUT2D eigenvalue weighted by atomic mass is 32.2. The van der Waals surface area contributed by atoms with Crippen molar-refractivity contribution in [3.63, 3.8) is 0 Å². The van der Waals surface area contributed by atoms with Crippen LogP contribution in [0.2, 0.25) is 0 Å². The first-order chi connectivity index (χ1) is 9.24. The van der Waals surface area contributed by atoms with Gasteiger partial charge in [-0.3, -0.25) is 0 Å². The lowest BCUT2D eigenvalue weighted by atomic mass is 10.3. The molecule has 0 saturated carbocycles. The molecule has 98 valence electrons. The van der Waals surface area contributed by atoms with Gasteiger partial charge in [-0.15, -0.1) is 5.10 Å². The number of rotatable bonds is 5. The van der Waals surface area contributed by atoms with Gasteiger partial charge < -0.3 is 4.74 Å². The van der Waals surface area contributed by atoms with Gasteiger partial charge >= 0.3 is 0 Å². The van der Waals surface area contributed by atoms with Crippen LogP contribution in [0.25, 0.3) is 5.69 Å². The van der Waals surface area contributed by atoms with Gasteiger partial charge in [-0.25, -0.2) is 0 Å². The van der Waals surface area contributed by atoms with Crippen LogP contribution in [0, 0.1) is 17.2 Å². The van der Waals surface area contributed by atoms with E-state index in [1.807, 2.05) is 31.2 Å². The van der Waals surface area contributed by atoms with Gasteiger partial charge in [-0.2, -0.15) is 9.94 Å². The maximum absolute atomic E-state index is 8.77. The molecule has 1 atom stereocenters. The summed E-state index contributed by atoms with van der Waals surface area (Å²) in [4.78, 5) is 0. The van der Waals surface area contributed by atoms with E-state index in [0.29, 0.717) is 10.9 Å². The second kappa shape index (κ2) is 6.20. The minimum Gasteiger partial charge on any atom is -0.497 e. The topological polar surface area (TPSA) is 76.6 Å². The third-order valence-corrected chi connectivity index (χ3v) is 3.62. The van der Waals surface area contributed by atoms with Crippen LogP contribution in [0.1, 0.15) is 6.92 Å². The van der Waals surface area contributed by atoms with E-state index in [1.165, 1.54) is 11.8 Å². The third-order valence-electron chi connectivity index (χ3n) is 2.44. The largest absolute Gasteiger partial charge is 0.497 e. The lowest BCUT2D eigenvalue weighted by Gasteiger charge is -2.05. The molecule has 1 aromatic heterocycles. The molecule has 0 spiro atoms. The smallest absolute Gasteiger partial charge is 0.214 e. The summed E-state index contributed by atoms with van der Waals surface area (Å²) in [6.45, 7) is 1.87. The molecule has 2 aromatic rings. The van der Waals surface area contributed by atoms with E-state index in [0.717, 1.165) is 11.4 Å². The van der Waals surface area contributed by atoms with Gasteiger partial charge in [0.15, 0.2) is 0 Å². The molecule has 0 saturated heterocycles. The predicted octanol–water partition coefficient (Wildman–Crippen LogP) is 1.92. The number of hydrogen-bond donors (Lipinski definition) is 0. The van der Waals surface area contributed by atoms with E-state index in [9.17, 15) is 0 Å². The second-order valence-corrected chi connectivity index (χ2v) is 4.90. The second-order valence-electron chi connectivity index (χ2n) is 3.91. The number of methoxy groups -OCH3 is 1. The minimum absolute atomic E-state index is 0.0361. The molecule has 0 radical (unpaired) electrons. The van der Waals surface area contributed by atoms with E-state index >= 15 is 0 Å². The predicted molar refractivity (Wildman–Crippen MR) is 71.2 cm³/mol. The molecule has 19 heavy (non-hydrogen) atoms. The van der Waals surface area contributed by atoms with Crippen molar-refractivity contribution in [1.29, 1.82) is 5.26 Å². The standard InChI is InChI=1S/C12H13N5OS/c1-9(7-13)8-19-12-14-15-16-17(12)10-3-5-11(18-2)6-4-10/h3-6,9H,8H2,1-2H3/t9-/m1/s1. The third kappa shape index (κ3) is 3.23. The molecule has 0 N–H and O–H groups in total. The van der Waals surface area contributed by atoms with Gasteiger partial charge in [-0.05, 0) is 41.6 Å². The number of nitrogens with zero attached hydrogens (tertiary/aromatic N) is 5. The van der Waals surface area contributed by atoms with E-state index in [1.54, 1.807) is 11.8 Å². The molecule has 1 aromatic carbocycles. The first kappa shape index (κ1) is 13.4.